The summed E-state index contributed by atoms with van der Waals surface area (Å²) in [5, 5.41) is 3.93. The molecule has 0 aromatic carbocycles. The van der Waals surface area contributed by atoms with Gasteiger partial charge in [0.25, 0.3) is 0 Å². The number of pyridine rings is 1. The zero-order valence-electron chi connectivity index (χ0n) is 20.9. The zero-order valence-corrected chi connectivity index (χ0v) is 21.6. The van der Waals surface area contributed by atoms with Crippen molar-refractivity contribution in [3.63, 3.8) is 0 Å². The second-order valence-electron chi connectivity index (χ2n) is 10.9. The number of halogens is 1. The lowest BCUT2D eigenvalue weighted by atomic mass is 9.80. The van der Waals surface area contributed by atoms with Gasteiger partial charge in [-0.1, -0.05) is 40.0 Å². The SMILES string of the molecule is CC1CCC(Cn2c(-c3cc(C(C)C)ccn3)nc3nc(Cl)nc(NC(C)C4CCC4)c32)CC1. The van der Waals surface area contributed by atoms with E-state index in [9.17, 15) is 0 Å². The second kappa shape index (κ2) is 9.80. The van der Waals surface area contributed by atoms with Crippen molar-refractivity contribution in [1.82, 2.24) is 24.5 Å². The largest absolute Gasteiger partial charge is 0.365 e. The summed E-state index contributed by atoms with van der Waals surface area (Å²) in [6, 6.07) is 4.60. The lowest BCUT2D eigenvalue weighted by molar-refractivity contribution is 0.267. The molecule has 0 amide bonds. The zero-order chi connectivity index (χ0) is 23.8. The molecule has 3 heterocycles. The Morgan fingerprint density at radius 1 is 1.06 bits per heavy atom. The molecule has 1 N–H and O–H groups in total. The van der Waals surface area contributed by atoms with Crippen LogP contribution in [-0.2, 0) is 6.54 Å². The third-order valence-corrected chi connectivity index (χ3v) is 8.22. The first-order valence-corrected chi connectivity index (χ1v) is 13.4. The van der Waals surface area contributed by atoms with Gasteiger partial charge in [-0.3, -0.25) is 4.98 Å². The molecule has 3 aromatic rings. The van der Waals surface area contributed by atoms with Gasteiger partial charge in [-0.15, -0.1) is 0 Å². The maximum atomic E-state index is 6.39. The summed E-state index contributed by atoms with van der Waals surface area (Å²) in [7, 11) is 0. The molecule has 6 nitrogen and oxygen atoms in total. The molecule has 3 aromatic heterocycles. The molecule has 0 aliphatic heterocycles. The minimum Gasteiger partial charge on any atom is -0.365 e. The van der Waals surface area contributed by atoms with E-state index in [4.69, 9.17) is 21.6 Å². The molecular formula is C27H37ClN6. The van der Waals surface area contributed by atoms with E-state index in [-0.39, 0.29) is 5.28 Å². The van der Waals surface area contributed by atoms with Gasteiger partial charge in [-0.2, -0.15) is 9.97 Å². The molecule has 34 heavy (non-hydrogen) atoms. The van der Waals surface area contributed by atoms with Crippen LogP contribution in [0.5, 0.6) is 0 Å². The number of rotatable bonds is 7. The quantitative estimate of drug-likeness (QED) is 0.365. The van der Waals surface area contributed by atoms with E-state index in [0.29, 0.717) is 29.4 Å². The average Bonchev–Trinajstić information content (AvgIpc) is 3.12. The molecule has 7 heteroatoms. The normalized spacial score (nSPS) is 22.2. The first kappa shape index (κ1) is 23.5. The molecule has 2 aliphatic carbocycles. The molecule has 2 aliphatic rings. The Morgan fingerprint density at radius 3 is 2.50 bits per heavy atom. The van der Waals surface area contributed by atoms with Crippen molar-refractivity contribution in [2.24, 2.45) is 17.8 Å². The van der Waals surface area contributed by atoms with Gasteiger partial charge in [-0.05, 0) is 85.6 Å². The third-order valence-electron chi connectivity index (χ3n) is 8.05. The van der Waals surface area contributed by atoms with Gasteiger partial charge in [0, 0.05) is 18.8 Å². The van der Waals surface area contributed by atoms with Crippen LogP contribution < -0.4 is 5.32 Å². The Labute approximate surface area is 208 Å². The van der Waals surface area contributed by atoms with Gasteiger partial charge in [0.15, 0.2) is 17.3 Å². The highest BCUT2D eigenvalue weighted by Crippen LogP contribution is 2.36. The van der Waals surface area contributed by atoms with E-state index in [1.165, 1.54) is 50.5 Å². The number of anilines is 1. The molecule has 0 spiro atoms. The van der Waals surface area contributed by atoms with Crippen LogP contribution in [0.3, 0.4) is 0 Å². The molecule has 0 radical (unpaired) electrons. The summed E-state index contributed by atoms with van der Waals surface area (Å²) in [5.41, 5.74) is 3.76. The van der Waals surface area contributed by atoms with Crippen molar-refractivity contribution in [3.05, 3.63) is 29.2 Å². The Morgan fingerprint density at radius 2 is 1.82 bits per heavy atom. The van der Waals surface area contributed by atoms with Crippen LogP contribution in [0.1, 0.15) is 84.1 Å². The fourth-order valence-electron chi connectivity index (χ4n) is 5.45. The van der Waals surface area contributed by atoms with Crippen molar-refractivity contribution in [2.75, 3.05) is 5.32 Å². The van der Waals surface area contributed by atoms with E-state index in [2.05, 4.69) is 59.7 Å². The Kier molecular flexibility index (Phi) is 6.79. The summed E-state index contributed by atoms with van der Waals surface area (Å²) in [5.74, 6) is 4.22. The molecular weight excluding hydrogens is 444 g/mol. The van der Waals surface area contributed by atoms with Crippen LogP contribution in [0, 0.1) is 17.8 Å². The van der Waals surface area contributed by atoms with Gasteiger partial charge in [0.1, 0.15) is 11.2 Å². The Bertz CT molecular complexity index is 1140. The van der Waals surface area contributed by atoms with E-state index in [1.807, 2.05) is 6.20 Å². The molecule has 0 saturated heterocycles. The van der Waals surface area contributed by atoms with E-state index in [1.54, 1.807) is 0 Å². The predicted octanol–water partition coefficient (Wildman–Crippen LogP) is 7.09. The van der Waals surface area contributed by atoms with Crippen molar-refractivity contribution in [2.45, 2.75) is 91.1 Å². The molecule has 5 rings (SSSR count). The van der Waals surface area contributed by atoms with Crippen molar-refractivity contribution < 1.29 is 0 Å². The Balaban J connectivity index is 1.61. The number of hydrogen-bond donors (Lipinski definition) is 1. The summed E-state index contributed by atoms with van der Waals surface area (Å²) < 4.78 is 2.33. The van der Waals surface area contributed by atoms with Crippen LogP contribution in [0.25, 0.3) is 22.7 Å². The van der Waals surface area contributed by atoms with Crippen LogP contribution in [0.2, 0.25) is 5.28 Å². The highest BCUT2D eigenvalue weighted by atomic mass is 35.5. The molecule has 182 valence electrons. The maximum Gasteiger partial charge on any atom is 0.226 e. The van der Waals surface area contributed by atoms with Crippen LogP contribution in [0.15, 0.2) is 18.3 Å². The number of hydrogen-bond acceptors (Lipinski definition) is 5. The molecule has 2 saturated carbocycles. The van der Waals surface area contributed by atoms with Crippen molar-refractivity contribution in [1.29, 1.82) is 0 Å². The second-order valence-corrected chi connectivity index (χ2v) is 11.3. The summed E-state index contributed by atoms with van der Waals surface area (Å²) in [4.78, 5) is 18.9. The van der Waals surface area contributed by atoms with Crippen molar-refractivity contribution >= 4 is 28.6 Å². The monoisotopic (exact) mass is 480 g/mol. The summed E-state index contributed by atoms with van der Waals surface area (Å²) in [6.07, 6.45) is 10.8. The number of aromatic nitrogens is 5. The first-order valence-electron chi connectivity index (χ1n) is 13.1. The average molecular weight is 481 g/mol. The van der Waals surface area contributed by atoms with E-state index >= 15 is 0 Å². The molecule has 0 bridgehead atoms. The summed E-state index contributed by atoms with van der Waals surface area (Å²) >= 11 is 6.39. The number of fused-ring (bicyclic) bond motifs is 1. The van der Waals surface area contributed by atoms with Crippen LogP contribution >= 0.6 is 11.6 Å². The first-order chi connectivity index (χ1) is 16.4. The minimum atomic E-state index is 0.238. The molecule has 1 unspecified atom stereocenters. The number of nitrogens with one attached hydrogen (secondary N) is 1. The van der Waals surface area contributed by atoms with Gasteiger partial charge >= 0.3 is 0 Å². The highest BCUT2D eigenvalue weighted by molar-refractivity contribution is 6.28. The summed E-state index contributed by atoms with van der Waals surface area (Å²) in [6.45, 7) is 9.95. The highest BCUT2D eigenvalue weighted by Gasteiger charge is 2.28. The van der Waals surface area contributed by atoms with Crippen LogP contribution in [-0.4, -0.2) is 30.5 Å². The minimum absolute atomic E-state index is 0.238. The van der Waals surface area contributed by atoms with Gasteiger partial charge in [0.05, 0.1) is 0 Å². The molecule has 2 fully saturated rings. The topological polar surface area (TPSA) is 68.5 Å². The standard InChI is InChI=1S/C27H37ClN6/c1-16(2)21-12-13-29-22(14-21)26-31-25-23(34(26)15-19-10-8-17(3)9-11-19)24(32-27(28)33-25)30-18(4)20-6-5-7-20/h12-14,16-20H,5-11,15H2,1-4H3,(H,30,32,33). The van der Waals surface area contributed by atoms with Crippen LogP contribution in [0.4, 0.5) is 5.82 Å². The number of imidazole rings is 1. The lowest BCUT2D eigenvalue weighted by Gasteiger charge is -2.32. The fraction of sp³-hybridized carbons (Fsp3) is 0.630. The van der Waals surface area contributed by atoms with Gasteiger partial charge < -0.3 is 9.88 Å². The van der Waals surface area contributed by atoms with Gasteiger partial charge in [0.2, 0.25) is 5.28 Å². The van der Waals surface area contributed by atoms with Crippen molar-refractivity contribution in [3.8, 4) is 11.5 Å². The molecule has 1 atom stereocenters. The smallest absolute Gasteiger partial charge is 0.226 e. The van der Waals surface area contributed by atoms with E-state index in [0.717, 1.165) is 35.3 Å². The third kappa shape index (κ3) is 4.79. The number of nitrogens with zero attached hydrogens (tertiary/aromatic N) is 5. The van der Waals surface area contributed by atoms with Gasteiger partial charge in [-0.25, -0.2) is 4.98 Å². The Hall–Kier alpha value is -2.21. The predicted molar refractivity (Wildman–Crippen MR) is 139 cm³/mol. The fourth-order valence-corrected chi connectivity index (χ4v) is 5.62. The maximum absolute atomic E-state index is 6.39. The van der Waals surface area contributed by atoms with E-state index < -0.39 is 0 Å². The lowest BCUT2D eigenvalue weighted by Crippen LogP contribution is -2.31.